The molecule has 0 amide bonds. The highest BCUT2D eigenvalue weighted by Crippen LogP contribution is 2.25. The molecule has 0 spiro atoms. The fourth-order valence-electron chi connectivity index (χ4n) is 3.24. The van der Waals surface area contributed by atoms with Crippen molar-refractivity contribution in [2.45, 2.75) is 32.4 Å². The van der Waals surface area contributed by atoms with Gasteiger partial charge in [0.15, 0.2) is 11.6 Å². The second-order valence-electron chi connectivity index (χ2n) is 6.55. The van der Waals surface area contributed by atoms with Crippen LogP contribution in [0.25, 0.3) is 0 Å². The maximum absolute atomic E-state index is 14.5. The van der Waals surface area contributed by atoms with Crippen molar-refractivity contribution in [3.63, 3.8) is 0 Å². The fourth-order valence-corrected chi connectivity index (χ4v) is 3.24. The highest BCUT2D eigenvalue weighted by molar-refractivity contribution is 5.51. The van der Waals surface area contributed by atoms with Gasteiger partial charge in [-0.1, -0.05) is 12.1 Å². The van der Waals surface area contributed by atoms with Crippen LogP contribution in [0.4, 0.5) is 10.1 Å². The summed E-state index contributed by atoms with van der Waals surface area (Å²) >= 11 is 0. The average molecular weight is 358 g/mol. The molecule has 140 valence electrons. The van der Waals surface area contributed by atoms with E-state index >= 15 is 0 Å². The minimum Gasteiger partial charge on any atom is -0.497 e. The van der Waals surface area contributed by atoms with Crippen LogP contribution >= 0.6 is 0 Å². The van der Waals surface area contributed by atoms with Crippen molar-refractivity contribution in [2.24, 2.45) is 0 Å². The third kappa shape index (κ3) is 4.67. The summed E-state index contributed by atoms with van der Waals surface area (Å²) in [5.74, 6) is 0.880. The largest absolute Gasteiger partial charge is 0.497 e. The highest BCUT2D eigenvalue weighted by Gasteiger charge is 2.17. The van der Waals surface area contributed by atoms with Crippen molar-refractivity contribution in [1.82, 2.24) is 5.32 Å². The number of hydrogen-bond acceptors (Lipinski definition) is 4. The molecular weight excluding hydrogens is 331 g/mol. The molecule has 1 aliphatic rings. The molecule has 3 rings (SSSR count). The molecule has 0 aromatic heterocycles. The first kappa shape index (κ1) is 18.5. The Morgan fingerprint density at radius 3 is 2.65 bits per heavy atom. The summed E-state index contributed by atoms with van der Waals surface area (Å²) in [5, 5.41) is 3.29. The third-order valence-electron chi connectivity index (χ3n) is 4.75. The SMILES string of the molecule is CCN(Cc1ccc(OC2CCNCC2)c(F)c1)c1cccc(OC)c1. The lowest BCUT2D eigenvalue weighted by molar-refractivity contribution is 0.156. The molecule has 0 radical (unpaired) electrons. The van der Waals surface area contributed by atoms with Gasteiger partial charge < -0.3 is 19.7 Å². The zero-order chi connectivity index (χ0) is 18.4. The number of methoxy groups -OCH3 is 1. The van der Waals surface area contributed by atoms with Gasteiger partial charge in [-0.2, -0.15) is 0 Å². The monoisotopic (exact) mass is 358 g/mol. The standard InChI is InChI=1S/C21H27FN2O2/c1-3-24(17-5-4-6-19(14-17)25-2)15-16-7-8-21(20(22)13-16)26-18-9-11-23-12-10-18/h4-8,13-14,18,23H,3,9-12,15H2,1-2H3. The van der Waals surface area contributed by atoms with Gasteiger partial charge in [-0.3, -0.25) is 0 Å². The van der Waals surface area contributed by atoms with Gasteiger partial charge in [0.2, 0.25) is 0 Å². The van der Waals surface area contributed by atoms with Gasteiger partial charge in [-0.15, -0.1) is 0 Å². The first-order valence-corrected chi connectivity index (χ1v) is 9.24. The van der Waals surface area contributed by atoms with E-state index in [1.54, 1.807) is 19.2 Å². The van der Waals surface area contributed by atoms with Crippen LogP contribution in [0.3, 0.4) is 0 Å². The van der Waals surface area contributed by atoms with Crippen LogP contribution in [0.5, 0.6) is 11.5 Å². The Bertz CT molecular complexity index is 717. The molecule has 1 saturated heterocycles. The molecule has 1 aliphatic heterocycles. The van der Waals surface area contributed by atoms with E-state index in [-0.39, 0.29) is 11.9 Å². The molecule has 0 saturated carbocycles. The summed E-state index contributed by atoms with van der Waals surface area (Å²) in [4.78, 5) is 2.19. The van der Waals surface area contributed by atoms with Crippen molar-refractivity contribution < 1.29 is 13.9 Å². The maximum Gasteiger partial charge on any atom is 0.165 e. The van der Waals surface area contributed by atoms with Crippen LogP contribution in [0, 0.1) is 5.82 Å². The molecule has 1 fully saturated rings. The number of nitrogens with zero attached hydrogens (tertiary/aromatic N) is 1. The molecular formula is C21H27FN2O2. The minimum absolute atomic E-state index is 0.0977. The van der Waals surface area contributed by atoms with E-state index in [1.807, 2.05) is 30.3 Å². The fraction of sp³-hybridized carbons (Fsp3) is 0.429. The van der Waals surface area contributed by atoms with Gasteiger partial charge in [0.1, 0.15) is 11.9 Å². The van der Waals surface area contributed by atoms with Gasteiger partial charge in [-0.25, -0.2) is 4.39 Å². The smallest absolute Gasteiger partial charge is 0.165 e. The lowest BCUT2D eigenvalue weighted by Gasteiger charge is -2.25. The minimum atomic E-state index is -0.289. The molecule has 0 bridgehead atoms. The van der Waals surface area contributed by atoms with Crippen molar-refractivity contribution in [1.29, 1.82) is 0 Å². The van der Waals surface area contributed by atoms with E-state index in [0.29, 0.717) is 12.3 Å². The first-order chi connectivity index (χ1) is 12.7. The highest BCUT2D eigenvalue weighted by atomic mass is 19.1. The van der Waals surface area contributed by atoms with Crippen LogP contribution in [0.15, 0.2) is 42.5 Å². The Balaban J connectivity index is 1.69. The van der Waals surface area contributed by atoms with E-state index in [4.69, 9.17) is 9.47 Å². The predicted octanol–water partition coefficient (Wildman–Crippen LogP) is 3.99. The zero-order valence-electron chi connectivity index (χ0n) is 15.5. The summed E-state index contributed by atoms with van der Waals surface area (Å²) < 4.78 is 25.6. The van der Waals surface area contributed by atoms with E-state index < -0.39 is 0 Å². The quantitative estimate of drug-likeness (QED) is 0.811. The van der Waals surface area contributed by atoms with Crippen molar-refractivity contribution in [2.75, 3.05) is 31.6 Å². The van der Waals surface area contributed by atoms with E-state index in [2.05, 4.69) is 17.1 Å². The number of hydrogen-bond donors (Lipinski definition) is 1. The Hall–Kier alpha value is -2.27. The van der Waals surface area contributed by atoms with Crippen molar-refractivity contribution in [3.05, 3.63) is 53.8 Å². The van der Waals surface area contributed by atoms with Gasteiger partial charge in [0, 0.05) is 24.8 Å². The van der Waals surface area contributed by atoms with Crippen molar-refractivity contribution >= 4 is 5.69 Å². The third-order valence-corrected chi connectivity index (χ3v) is 4.75. The molecule has 5 heteroatoms. The molecule has 0 unspecified atom stereocenters. The van der Waals surface area contributed by atoms with Crippen LogP contribution in [0.2, 0.25) is 0 Å². The lowest BCUT2D eigenvalue weighted by Crippen LogP contribution is -2.34. The first-order valence-electron chi connectivity index (χ1n) is 9.24. The normalized spacial score (nSPS) is 14.9. The molecule has 1 N–H and O–H groups in total. The van der Waals surface area contributed by atoms with E-state index in [9.17, 15) is 4.39 Å². The molecule has 26 heavy (non-hydrogen) atoms. The molecule has 0 atom stereocenters. The van der Waals surface area contributed by atoms with Gasteiger partial charge in [-0.05, 0) is 62.7 Å². The average Bonchev–Trinajstić information content (AvgIpc) is 2.69. The maximum atomic E-state index is 14.5. The van der Waals surface area contributed by atoms with Crippen LogP contribution in [-0.2, 0) is 6.54 Å². The summed E-state index contributed by atoms with van der Waals surface area (Å²) in [6, 6.07) is 13.2. The number of piperidine rings is 1. The lowest BCUT2D eigenvalue weighted by atomic mass is 10.1. The van der Waals surface area contributed by atoms with Gasteiger partial charge in [0.05, 0.1) is 7.11 Å². The number of benzene rings is 2. The van der Waals surface area contributed by atoms with Crippen LogP contribution in [0.1, 0.15) is 25.3 Å². The molecule has 2 aromatic carbocycles. The van der Waals surface area contributed by atoms with Crippen LogP contribution in [-0.4, -0.2) is 32.8 Å². The summed E-state index contributed by atoms with van der Waals surface area (Å²) in [6.45, 7) is 5.40. The summed E-state index contributed by atoms with van der Waals surface area (Å²) in [6.07, 6.45) is 1.93. The number of anilines is 1. The number of ether oxygens (including phenoxy) is 2. The van der Waals surface area contributed by atoms with Gasteiger partial charge in [0.25, 0.3) is 0 Å². The zero-order valence-corrected chi connectivity index (χ0v) is 15.5. The molecule has 1 heterocycles. The summed E-state index contributed by atoms with van der Waals surface area (Å²) in [7, 11) is 1.66. The Morgan fingerprint density at radius 2 is 1.96 bits per heavy atom. The number of rotatable bonds is 7. The molecule has 2 aromatic rings. The Kier molecular flexibility index (Phi) is 6.34. The predicted molar refractivity (Wildman–Crippen MR) is 103 cm³/mol. The Labute approximate surface area is 154 Å². The van der Waals surface area contributed by atoms with Gasteiger partial charge >= 0.3 is 0 Å². The topological polar surface area (TPSA) is 33.7 Å². The summed E-state index contributed by atoms with van der Waals surface area (Å²) in [5.41, 5.74) is 1.98. The second kappa shape index (κ2) is 8.90. The molecule has 4 nitrogen and oxygen atoms in total. The van der Waals surface area contributed by atoms with E-state index in [1.165, 1.54) is 0 Å². The number of halogens is 1. The number of nitrogens with one attached hydrogen (secondary N) is 1. The molecule has 0 aliphatic carbocycles. The second-order valence-corrected chi connectivity index (χ2v) is 6.55. The van der Waals surface area contributed by atoms with Crippen molar-refractivity contribution in [3.8, 4) is 11.5 Å². The van der Waals surface area contributed by atoms with Crippen LogP contribution < -0.4 is 19.7 Å². The van der Waals surface area contributed by atoms with E-state index in [0.717, 1.165) is 49.5 Å². The Morgan fingerprint density at radius 1 is 1.15 bits per heavy atom.